The maximum absolute atomic E-state index is 5.64. The first-order valence-corrected chi connectivity index (χ1v) is 11.4. The van der Waals surface area contributed by atoms with Crippen molar-refractivity contribution >= 4 is 0 Å². The van der Waals surface area contributed by atoms with Gasteiger partial charge in [0, 0.05) is 12.1 Å². The average molecular weight is 464 g/mol. The first-order chi connectivity index (χ1) is 16.6. The fraction of sp³-hybridized carbons (Fsp3) is 0.357. The van der Waals surface area contributed by atoms with Crippen LogP contribution in [0.5, 0.6) is 28.7 Å². The number of nitrogens with one attached hydrogen (secondary N) is 1. The van der Waals surface area contributed by atoms with E-state index in [-0.39, 0.29) is 18.0 Å². The van der Waals surface area contributed by atoms with Crippen molar-refractivity contribution < 1.29 is 23.7 Å². The maximum atomic E-state index is 5.64. The minimum atomic E-state index is 0.143. The molecule has 0 bridgehead atoms. The molecule has 1 N–H and O–H groups in total. The summed E-state index contributed by atoms with van der Waals surface area (Å²) in [7, 11) is 8.34. The molecule has 0 spiro atoms. The SMILES string of the molecule is COc1cccc([C@@H]2CC(c3cc(OC)c(OC)c(OC)c3)C[C@@H](c3cccc(OC)c3)N2)c1. The van der Waals surface area contributed by atoms with Gasteiger partial charge < -0.3 is 29.0 Å². The van der Waals surface area contributed by atoms with Crippen molar-refractivity contribution in [1.29, 1.82) is 0 Å². The molecule has 1 aliphatic rings. The Bertz CT molecular complexity index is 1030. The standard InChI is InChI=1S/C28H33NO5/c1-30-22-10-6-8-18(12-22)24-14-20(15-25(29-24)19-9-7-11-23(13-19)31-2)21-16-26(32-3)28(34-5)27(17-21)33-4/h6-13,16-17,20,24-25,29H,14-15H2,1-5H3/t24-,25-/m0/s1. The van der Waals surface area contributed by atoms with Crippen molar-refractivity contribution in [2.45, 2.75) is 30.8 Å². The molecule has 1 aliphatic heterocycles. The second-order valence-corrected chi connectivity index (χ2v) is 8.45. The summed E-state index contributed by atoms with van der Waals surface area (Å²) in [6, 6.07) is 21.0. The number of hydrogen-bond donors (Lipinski definition) is 1. The van der Waals surface area contributed by atoms with Crippen LogP contribution in [-0.4, -0.2) is 35.5 Å². The molecule has 0 radical (unpaired) electrons. The highest BCUT2D eigenvalue weighted by atomic mass is 16.5. The van der Waals surface area contributed by atoms with Gasteiger partial charge in [-0.15, -0.1) is 0 Å². The Morgan fingerprint density at radius 1 is 0.588 bits per heavy atom. The topological polar surface area (TPSA) is 58.2 Å². The average Bonchev–Trinajstić information content (AvgIpc) is 2.91. The first kappa shape index (κ1) is 23.8. The summed E-state index contributed by atoms with van der Waals surface area (Å²) in [5, 5.41) is 3.87. The third-order valence-corrected chi connectivity index (χ3v) is 6.59. The van der Waals surface area contributed by atoms with Crippen molar-refractivity contribution in [3.8, 4) is 28.7 Å². The number of rotatable bonds is 8. The number of methoxy groups -OCH3 is 5. The molecule has 6 nitrogen and oxygen atoms in total. The summed E-state index contributed by atoms with van der Waals surface area (Å²) in [6.07, 6.45) is 1.85. The van der Waals surface area contributed by atoms with Gasteiger partial charge in [0.15, 0.2) is 11.5 Å². The minimum absolute atomic E-state index is 0.143. The first-order valence-electron chi connectivity index (χ1n) is 11.4. The second-order valence-electron chi connectivity index (χ2n) is 8.45. The van der Waals surface area contributed by atoms with Crippen LogP contribution in [0.15, 0.2) is 60.7 Å². The van der Waals surface area contributed by atoms with E-state index < -0.39 is 0 Å². The van der Waals surface area contributed by atoms with E-state index in [1.165, 1.54) is 11.1 Å². The molecule has 4 rings (SSSR count). The summed E-state index contributed by atoms with van der Waals surface area (Å²) in [4.78, 5) is 0. The predicted molar refractivity (Wildman–Crippen MR) is 133 cm³/mol. The molecule has 1 heterocycles. The lowest BCUT2D eigenvalue weighted by molar-refractivity contribution is 0.291. The monoisotopic (exact) mass is 463 g/mol. The van der Waals surface area contributed by atoms with E-state index in [0.29, 0.717) is 17.2 Å². The van der Waals surface area contributed by atoms with Crippen LogP contribution in [0.1, 0.15) is 47.5 Å². The van der Waals surface area contributed by atoms with Crippen LogP contribution in [0.4, 0.5) is 0 Å². The molecule has 2 atom stereocenters. The quantitative estimate of drug-likeness (QED) is 0.464. The van der Waals surface area contributed by atoms with Crippen molar-refractivity contribution in [3.05, 3.63) is 77.4 Å². The molecule has 0 aromatic heterocycles. The van der Waals surface area contributed by atoms with Crippen LogP contribution in [0.3, 0.4) is 0 Å². The Labute approximate surface area is 201 Å². The summed E-state index contributed by atoms with van der Waals surface area (Å²) < 4.78 is 27.8. The zero-order valence-electron chi connectivity index (χ0n) is 20.5. The lowest BCUT2D eigenvalue weighted by Crippen LogP contribution is -2.34. The largest absolute Gasteiger partial charge is 0.497 e. The molecule has 1 fully saturated rings. The molecule has 0 saturated carbocycles. The molecule has 3 aromatic rings. The van der Waals surface area contributed by atoms with Crippen LogP contribution in [0.2, 0.25) is 0 Å². The maximum Gasteiger partial charge on any atom is 0.203 e. The lowest BCUT2D eigenvalue weighted by atomic mass is 9.79. The van der Waals surface area contributed by atoms with Crippen molar-refractivity contribution in [1.82, 2.24) is 5.32 Å². The van der Waals surface area contributed by atoms with E-state index in [2.05, 4.69) is 41.7 Å². The van der Waals surface area contributed by atoms with Crippen molar-refractivity contribution in [3.63, 3.8) is 0 Å². The van der Waals surface area contributed by atoms with E-state index in [4.69, 9.17) is 23.7 Å². The highest BCUT2D eigenvalue weighted by Gasteiger charge is 2.32. The third-order valence-electron chi connectivity index (χ3n) is 6.59. The summed E-state index contributed by atoms with van der Waals surface area (Å²) in [6.45, 7) is 0. The lowest BCUT2D eigenvalue weighted by Gasteiger charge is -2.37. The molecule has 0 amide bonds. The van der Waals surface area contributed by atoms with Gasteiger partial charge in [-0.25, -0.2) is 0 Å². The normalized spacial score (nSPS) is 19.9. The molecule has 0 aliphatic carbocycles. The predicted octanol–water partition coefficient (Wildman–Crippen LogP) is 5.68. The molecule has 1 saturated heterocycles. The van der Waals surface area contributed by atoms with E-state index in [1.54, 1.807) is 35.5 Å². The van der Waals surface area contributed by atoms with E-state index in [1.807, 2.05) is 24.3 Å². The molecular weight excluding hydrogens is 430 g/mol. The molecule has 6 heteroatoms. The van der Waals surface area contributed by atoms with Gasteiger partial charge in [0.1, 0.15) is 11.5 Å². The van der Waals surface area contributed by atoms with E-state index >= 15 is 0 Å². The Kier molecular flexibility index (Phi) is 7.48. The third kappa shape index (κ3) is 4.92. The molecule has 180 valence electrons. The van der Waals surface area contributed by atoms with Crippen LogP contribution in [-0.2, 0) is 0 Å². The molecular formula is C28H33NO5. The Morgan fingerprint density at radius 3 is 1.50 bits per heavy atom. The van der Waals surface area contributed by atoms with Crippen LogP contribution in [0.25, 0.3) is 0 Å². The van der Waals surface area contributed by atoms with Crippen LogP contribution in [0, 0.1) is 0 Å². The van der Waals surface area contributed by atoms with Gasteiger partial charge in [0.2, 0.25) is 5.75 Å². The fourth-order valence-electron chi connectivity index (χ4n) is 4.83. The Hall–Kier alpha value is -3.38. The second kappa shape index (κ2) is 10.7. The van der Waals surface area contributed by atoms with Crippen LogP contribution < -0.4 is 29.0 Å². The van der Waals surface area contributed by atoms with Gasteiger partial charge >= 0.3 is 0 Å². The van der Waals surface area contributed by atoms with Crippen LogP contribution >= 0.6 is 0 Å². The van der Waals surface area contributed by atoms with E-state index in [9.17, 15) is 0 Å². The smallest absolute Gasteiger partial charge is 0.203 e. The minimum Gasteiger partial charge on any atom is -0.497 e. The number of hydrogen-bond acceptors (Lipinski definition) is 6. The fourth-order valence-corrected chi connectivity index (χ4v) is 4.83. The summed E-state index contributed by atoms with van der Waals surface area (Å²) in [5.41, 5.74) is 3.56. The number of ether oxygens (including phenoxy) is 5. The van der Waals surface area contributed by atoms with Crippen molar-refractivity contribution in [2.24, 2.45) is 0 Å². The molecule has 3 aromatic carbocycles. The number of benzene rings is 3. The van der Waals surface area contributed by atoms with Gasteiger partial charge in [-0.3, -0.25) is 0 Å². The van der Waals surface area contributed by atoms with Gasteiger partial charge in [-0.2, -0.15) is 0 Å². The highest BCUT2D eigenvalue weighted by molar-refractivity contribution is 5.54. The van der Waals surface area contributed by atoms with Gasteiger partial charge in [-0.1, -0.05) is 24.3 Å². The Morgan fingerprint density at radius 2 is 1.09 bits per heavy atom. The van der Waals surface area contributed by atoms with Crippen molar-refractivity contribution in [2.75, 3.05) is 35.5 Å². The van der Waals surface area contributed by atoms with Gasteiger partial charge in [-0.05, 0) is 71.8 Å². The zero-order chi connectivity index (χ0) is 24.1. The summed E-state index contributed by atoms with van der Waals surface area (Å²) >= 11 is 0. The van der Waals surface area contributed by atoms with Gasteiger partial charge in [0.25, 0.3) is 0 Å². The van der Waals surface area contributed by atoms with E-state index in [0.717, 1.165) is 29.9 Å². The zero-order valence-corrected chi connectivity index (χ0v) is 20.5. The molecule has 0 unspecified atom stereocenters. The number of piperidine rings is 1. The molecule has 34 heavy (non-hydrogen) atoms. The Balaban J connectivity index is 1.75. The van der Waals surface area contributed by atoms with Gasteiger partial charge in [0.05, 0.1) is 35.5 Å². The summed E-state index contributed by atoms with van der Waals surface area (Å²) in [5.74, 6) is 3.93. The highest BCUT2D eigenvalue weighted by Crippen LogP contribution is 2.46.